The van der Waals surface area contributed by atoms with Crippen LogP contribution in [0.4, 0.5) is 0 Å². The molecule has 1 aliphatic carbocycles. The van der Waals surface area contributed by atoms with Crippen LogP contribution in [0.1, 0.15) is 39.4 Å². The zero-order chi connectivity index (χ0) is 13.2. The van der Waals surface area contributed by atoms with Crippen LogP contribution in [0, 0.1) is 0 Å². The van der Waals surface area contributed by atoms with E-state index < -0.39 is 0 Å². The zero-order valence-corrected chi connectivity index (χ0v) is 10.8. The number of carbonyl (C=O) groups excluding carboxylic acids is 1. The lowest BCUT2D eigenvalue weighted by molar-refractivity contribution is 0.103. The third-order valence-corrected chi connectivity index (χ3v) is 3.89. The summed E-state index contributed by atoms with van der Waals surface area (Å²) in [5, 5.41) is 0. The molecule has 0 fully saturated rings. The van der Waals surface area contributed by atoms with Crippen LogP contribution in [0.25, 0.3) is 0 Å². The molecule has 96 valence electrons. The SMILES string of the molecule is NCC[C@H]1Cc2ccccc2C(=O)c2ccccc21. The second-order valence-electron chi connectivity index (χ2n) is 5.05. The van der Waals surface area contributed by atoms with E-state index in [0.29, 0.717) is 12.5 Å². The number of hydrogen-bond acceptors (Lipinski definition) is 2. The van der Waals surface area contributed by atoms with Gasteiger partial charge in [0, 0.05) is 11.1 Å². The lowest BCUT2D eigenvalue weighted by Gasteiger charge is -2.16. The number of hydrogen-bond donors (Lipinski definition) is 1. The molecule has 0 radical (unpaired) electrons. The summed E-state index contributed by atoms with van der Waals surface area (Å²) in [7, 11) is 0. The summed E-state index contributed by atoms with van der Waals surface area (Å²) in [6.07, 6.45) is 1.81. The largest absolute Gasteiger partial charge is 0.330 e. The summed E-state index contributed by atoms with van der Waals surface area (Å²) in [6, 6.07) is 15.9. The van der Waals surface area contributed by atoms with Gasteiger partial charge in [-0.3, -0.25) is 4.79 Å². The average molecular weight is 251 g/mol. The van der Waals surface area contributed by atoms with Gasteiger partial charge in [0.2, 0.25) is 0 Å². The molecule has 2 aromatic rings. The second-order valence-corrected chi connectivity index (χ2v) is 5.05. The topological polar surface area (TPSA) is 43.1 Å². The highest BCUT2D eigenvalue weighted by Gasteiger charge is 2.26. The van der Waals surface area contributed by atoms with Crippen molar-refractivity contribution in [1.29, 1.82) is 0 Å². The lowest BCUT2D eigenvalue weighted by atomic mass is 9.89. The molecule has 1 aliphatic rings. The van der Waals surface area contributed by atoms with Crippen LogP contribution in [-0.2, 0) is 6.42 Å². The maximum atomic E-state index is 12.6. The third kappa shape index (κ3) is 2.08. The van der Waals surface area contributed by atoms with Crippen molar-refractivity contribution in [2.45, 2.75) is 18.8 Å². The minimum Gasteiger partial charge on any atom is -0.330 e. The summed E-state index contributed by atoms with van der Waals surface area (Å²) in [4.78, 5) is 12.6. The first-order valence-electron chi connectivity index (χ1n) is 6.73. The highest BCUT2D eigenvalue weighted by atomic mass is 16.1. The number of ketones is 1. The van der Waals surface area contributed by atoms with E-state index in [9.17, 15) is 4.79 Å². The molecular formula is C17H17NO. The Morgan fingerprint density at radius 1 is 1.00 bits per heavy atom. The molecule has 0 bridgehead atoms. The number of nitrogens with two attached hydrogens (primary N) is 1. The van der Waals surface area contributed by atoms with Gasteiger partial charge in [0.15, 0.2) is 5.78 Å². The van der Waals surface area contributed by atoms with E-state index in [-0.39, 0.29) is 5.78 Å². The van der Waals surface area contributed by atoms with Crippen LogP contribution in [0.5, 0.6) is 0 Å². The molecule has 2 aromatic carbocycles. The molecule has 0 unspecified atom stereocenters. The molecule has 0 saturated heterocycles. The van der Waals surface area contributed by atoms with E-state index in [4.69, 9.17) is 5.73 Å². The van der Waals surface area contributed by atoms with E-state index in [1.807, 2.05) is 36.4 Å². The Kier molecular flexibility index (Phi) is 3.18. The lowest BCUT2D eigenvalue weighted by Crippen LogP contribution is -2.10. The Balaban J connectivity index is 2.18. The Bertz CT molecular complexity index is 618. The van der Waals surface area contributed by atoms with E-state index in [2.05, 4.69) is 12.1 Å². The van der Waals surface area contributed by atoms with Gasteiger partial charge in [0.25, 0.3) is 0 Å². The summed E-state index contributed by atoms with van der Waals surface area (Å²) < 4.78 is 0. The minimum atomic E-state index is 0.144. The van der Waals surface area contributed by atoms with Crippen molar-refractivity contribution in [1.82, 2.24) is 0 Å². The molecular weight excluding hydrogens is 234 g/mol. The van der Waals surface area contributed by atoms with Crippen molar-refractivity contribution in [3.05, 3.63) is 70.8 Å². The molecule has 2 N–H and O–H groups in total. The number of fused-ring (bicyclic) bond motifs is 2. The number of rotatable bonds is 2. The quantitative estimate of drug-likeness (QED) is 0.891. The molecule has 0 saturated carbocycles. The van der Waals surface area contributed by atoms with Crippen LogP contribution in [0.15, 0.2) is 48.5 Å². The Labute approximate surface area is 113 Å². The van der Waals surface area contributed by atoms with Gasteiger partial charge < -0.3 is 5.73 Å². The van der Waals surface area contributed by atoms with E-state index >= 15 is 0 Å². The Morgan fingerprint density at radius 2 is 1.68 bits per heavy atom. The van der Waals surface area contributed by atoms with Gasteiger partial charge in [-0.15, -0.1) is 0 Å². The van der Waals surface area contributed by atoms with Gasteiger partial charge in [-0.1, -0.05) is 48.5 Å². The smallest absolute Gasteiger partial charge is 0.193 e. The monoisotopic (exact) mass is 251 g/mol. The molecule has 0 aliphatic heterocycles. The first-order valence-corrected chi connectivity index (χ1v) is 6.73. The number of carbonyl (C=O) groups is 1. The molecule has 0 amide bonds. The van der Waals surface area contributed by atoms with Crippen molar-refractivity contribution in [3.8, 4) is 0 Å². The van der Waals surface area contributed by atoms with Crippen LogP contribution >= 0.6 is 0 Å². The third-order valence-electron chi connectivity index (χ3n) is 3.89. The molecule has 0 heterocycles. The maximum absolute atomic E-state index is 12.6. The van der Waals surface area contributed by atoms with Crippen molar-refractivity contribution >= 4 is 5.78 Å². The van der Waals surface area contributed by atoms with Crippen molar-refractivity contribution in [2.24, 2.45) is 5.73 Å². The van der Waals surface area contributed by atoms with E-state index in [1.165, 1.54) is 0 Å². The molecule has 0 aromatic heterocycles. The van der Waals surface area contributed by atoms with Crippen LogP contribution in [-0.4, -0.2) is 12.3 Å². The van der Waals surface area contributed by atoms with Crippen LogP contribution in [0.2, 0.25) is 0 Å². The van der Waals surface area contributed by atoms with Crippen LogP contribution < -0.4 is 5.73 Å². The fraction of sp³-hybridized carbons (Fsp3) is 0.235. The first kappa shape index (κ1) is 12.1. The highest BCUT2D eigenvalue weighted by molar-refractivity contribution is 6.11. The molecule has 1 atom stereocenters. The van der Waals surface area contributed by atoms with Gasteiger partial charge in [0.1, 0.15) is 0 Å². The fourth-order valence-electron chi connectivity index (χ4n) is 2.96. The first-order chi connectivity index (χ1) is 9.31. The van der Waals surface area contributed by atoms with Gasteiger partial charge in [-0.2, -0.15) is 0 Å². The summed E-state index contributed by atoms with van der Waals surface area (Å²) in [5.74, 6) is 0.486. The Morgan fingerprint density at radius 3 is 2.47 bits per heavy atom. The molecule has 2 heteroatoms. The van der Waals surface area contributed by atoms with Crippen LogP contribution in [0.3, 0.4) is 0 Å². The second kappa shape index (κ2) is 4.98. The zero-order valence-electron chi connectivity index (χ0n) is 10.8. The van der Waals surface area contributed by atoms with Gasteiger partial charge in [-0.05, 0) is 36.4 Å². The van der Waals surface area contributed by atoms with Gasteiger partial charge >= 0.3 is 0 Å². The Hall–Kier alpha value is -1.93. The van der Waals surface area contributed by atoms with Gasteiger partial charge in [0.05, 0.1) is 0 Å². The average Bonchev–Trinajstić information content (AvgIpc) is 2.57. The molecule has 2 nitrogen and oxygen atoms in total. The van der Waals surface area contributed by atoms with Gasteiger partial charge in [-0.25, -0.2) is 0 Å². The molecule has 19 heavy (non-hydrogen) atoms. The predicted octanol–water partition coefficient (Wildman–Crippen LogP) is 2.91. The molecule has 3 rings (SSSR count). The minimum absolute atomic E-state index is 0.144. The van der Waals surface area contributed by atoms with Crippen molar-refractivity contribution in [3.63, 3.8) is 0 Å². The standard InChI is InChI=1S/C17H17NO/c18-10-9-13-11-12-5-1-2-7-15(12)17(19)16-8-4-3-6-14(13)16/h1-8,13H,9-11,18H2/t13-/m0/s1. The normalized spacial score (nSPS) is 17.5. The maximum Gasteiger partial charge on any atom is 0.193 e. The summed E-state index contributed by atoms with van der Waals surface area (Å²) >= 11 is 0. The predicted molar refractivity (Wildman–Crippen MR) is 76.4 cm³/mol. The number of benzene rings is 2. The van der Waals surface area contributed by atoms with Crippen molar-refractivity contribution in [2.75, 3.05) is 6.54 Å². The highest BCUT2D eigenvalue weighted by Crippen LogP contribution is 2.33. The van der Waals surface area contributed by atoms with Crippen molar-refractivity contribution < 1.29 is 4.79 Å². The van der Waals surface area contributed by atoms with E-state index in [0.717, 1.165) is 35.1 Å². The summed E-state index contributed by atoms with van der Waals surface area (Å²) in [5.41, 5.74) is 9.71. The summed E-state index contributed by atoms with van der Waals surface area (Å²) in [6.45, 7) is 0.648. The fourth-order valence-corrected chi connectivity index (χ4v) is 2.96. The van der Waals surface area contributed by atoms with E-state index in [1.54, 1.807) is 0 Å². The molecule has 0 spiro atoms.